The normalized spacial score (nSPS) is 18.7. The van der Waals surface area contributed by atoms with Crippen molar-refractivity contribution in [2.24, 2.45) is 5.73 Å². The van der Waals surface area contributed by atoms with E-state index in [2.05, 4.69) is 214 Å². The highest BCUT2D eigenvalue weighted by atomic mass is 15.2. The Balaban J connectivity index is 0.000000222. The third-order valence-electron chi connectivity index (χ3n) is 11.7. The predicted molar refractivity (Wildman–Crippen MR) is 252 cm³/mol. The van der Waals surface area contributed by atoms with Gasteiger partial charge in [0.15, 0.2) is 0 Å². The molecule has 6 nitrogen and oxygen atoms in total. The topological polar surface area (TPSA) is 59.8 Å². The van der Waals surface area contributed by atoms with Crippen LogP contribution in [0, 0.1) is 0 Å². The molecule has 4 N–H and O–H groups in total. The molecule has 0 radical (unpaired) electrons. The summed E-state index contributed by atoms with van der Waals surface area (Å²) in [4.78, 5) is 7.58. The Morgan fingerprint density at radius 1 is 0.466 bits per heavy atom. The zero-order chi connectivity index (χ0) is 41.7. The molecule has 2 heterocycles. The van der Waals surface area contributed by atoms with E-state index in [0.717, 1.165) is 19.6 Å². The number of benzene rings is 4. The first-order valence-corrected chi connectivity index (χ1v) is 22.1. The lowest BCUT2D eigenvalue weighted by Crippen LogP contribution is -2.67. The minimum atomic E-state index is 0.197. The van der Waals surface area contributed by atoms with E-state index in [9.17, 15) is 0 Å². The van der Waals surface area contributed by atoms with Crippen molar-refractivity contribution in [3.05, 3.63) is 133 Å². The summed E-state index contributed by atoms with van der Waals surface area (Å²) in [6.45, 7) is 22.8. The minimum Gasteiger partial charge on any atom is -0.338 e. The van der Waals surface area contributed by atoms with Crippen LogP contribution in [0.4, 0.5) is 22.7 Å². The smallest absolute Gasteiger partial charge is 0.0413 e. The van der Waals surface area contributed by atoms with Gasteiger partial charge in [-0.3, -0.25) is 4.90 Å². The Labute approximate surface area is 353 Å². The third kappa shape index (κ3) is 14.1. The van der Waals surface area contributed by atoms with Crippen LogP contribution in [0.3, 0.4) is 0 Å². The second-order valence-electron chi connectivity index (χ2n) is 19.4. The second kappa shape index (κ2) is 20.8. The molecule has 0 spiro atoms. The molecule has 6 rings (SSSR count). The van der Waals surface area contributed by atoms with Crippen LogP contribution in [0.25, 0.3) is 0 Å². The van der Waals surface area contributed by atoms with Gasteiger partial charge in [-0.2, -0.15) is 0 Å². The van der Waals surface area contributed by atoms with Gasteiger partial charge in [-0.25, -0.2) is 0 Å². The highest BCUT2D eigenvalue weighted by Gasteiger charge is 2.45. The number of piperidine rings is 2. The van der Waals surface area contributed by atoms with Gasteiger partial charge in [0.1, 0.15) is 0 Å². The molecule has 6 heteroatoms. The molecule has 2 aliphatic rings. The summed E-state index contributed by atoms with van der Waals surface area (Å²) in [7, 11) is 0. The van der Waals surface area contributed by atoms with Crippen LogP contribution in [0.2, 0.25) is 0 Å². The maximum atomic E-state index is 5.70. The molecule has 0 aromatic heterocycles. The summed E-state index contributed by atoms with van der Waals surface area (Å²) in [5, 5.41) is 7.77. The van der Waals surface area contributed by atoms with Crippen molar-refractivity contribution in [1.82, 2.24) is 15.5 Å². The Morgan fingerprint density at radius 2 is 0.759 bits per heavy atom. The molecule has 314 valence electrons. The fourth-order valence-corrected chi connectivity index (χ4v) is 9.97. The Kier molecular flexibility index (Phi) is 16.2. The number of nitrogens with one attached hydrogen (secondary N) is 2. The standard InChI is InChI=1S/C28H26N2.C24H50N4/c1-5-15-25(16-6-1)29(26-17-7-2-8-18-26)23-13-14-24-30(27-19-9-3-10-20-27)28-21-11-4-12-22-28;1-21(2)15-19(16-22(3,4)26-21)28(14-12-10-9-11-13-25)20-17-23(5,6)27-24(7,8)18-20/h1-22H,23-24H2;19-20,26-27H,9-18,25H2,1-8H3. The van der Waals surface area contributed by atoms with Crippen LogP contribution in [0.5, 0.6) is 0 Å². The Hall–Kier alpha value is -3.94. The fourth-order valence-electron chi connectivity index (χ4n) is 9.97. The van der Waals surface area contributed by atoms with Crippen molar-refractivity contribution in [3.8, 4) is 0 Å². The monoisotopic (exact) mass is 785 g/mol. The van der Waals surface area contributed by atoms with E-state index in [1.807, 2.05) is 0 Å². The van der Waals surface area contributed by atoms with Crippen LogP contribution < -0.4 is 26.2 Å². The summed E-state index contributed by atoms with van der Waals surface area (Å²) < 4.78 is 0. The highest BCUT2D eigenvalue weighted by Crippen LogP contribution is 2.38. The molecule has 0 atom stereocenters. The number of nitrogens with two attached hydrogens (primary N) is 1. The zero-order valence-corrected chi connectivity index (χ0v) is 37.3. The van der Waals surface area contributed by atoms with E-state index >= 15 is 0 Å². The van der Waals surface area contributed by atoms with Gasteiger partial charge in [0, 0.05) is 70.1 Å². The van der Waals surface area contributed by atoms with Crippen molar-refractivity contribution in [1.29, 1.82) is 0 Å². The lowest BCUT2D eigenvalue weighted by Gasteiger charge is -2.55. The second-order valence-corrected chi connectivity index (χ2v) is 19.4. The Morgan fingerprint density at radius 3 is 1.05 bits per heavy atom. The zero-order valence-electron chi connectivity index (χ0n) is 37.3. The van der Waals surface area contributed by atoms with Crippen molar-refractivity contribution in [2.75, 3.05) is 36.0 Å². The van der Waals surface area contributed by atoms with Crippen LogP contribution in [0.1, 0.15) is 107 Å². The van der Waals surface area contributed by atoms with Gasteiger partial charge in [0.05, 0.1) is 0 Å². The maximum Gasteiger partial charge on any atom is 0.0413 e. The van der Waals surface area contributed by atoms with E-state index in [0.29, 0.717) is 12.1 Å². The molecule has 2 fully saturated rings. The molecule has 0 bridgehead atoms. The predicted octanol–water partition coefficient (Wildman–Crippen LogP) is 11.6. The van der Waals surface area contributed by atoms with Crippen LogP contribution in [-0.2, 0) is 0 Å². The van der Waals surface area contributed by atoms with Crippen molar-refractivity contribution in [3.63, 3.8) is 0 Å². The summed E-state index contributed by atoms with van der Waals surface area (Å²) in [5.74, 6) is 0. The average molecular weight is 785 g/mol. The number of anilines is 4. The first-order valence-electron chi connectivity index (χ1n) is 22.1. The molecule has 0 aliphatic carbocycles. The van der Waals surface area contributed by atoms with Crippen molar-refractivity contribution >= 4 is 22.7 Å². The largest absolute Gasteiger partial charge is 0.338 e. The first kappa shape index (κ1) is 45.1. The summed E-state index contributed by atoms with van der Waals surface area (Å²) in [5.41, 5.74) is 11.2. The molecule has 58 heavy (non-hydrogen) atoms. The molecule has 0 amide bonds. The average Bonchev–Trinajstić information content (AvgIpc) is 3.17. The van der Waals surface area contributed by atoms with Crippen LogP contribution in [-0.4, -0.2) is 65.3 Å². The quantitative estimate of drug-likeness (QED) is 0.0777. The molecule has 0 saturated carbocycles. The molecular formula is C52H76N6. The number of unbranched alkanes of at least 4 members (excludes halogenated alkanes) is 3. The van der Waals surface area contributed by atoms with E-state index in [1.54, 1.807) is 0 Å². The molecule has 4 aromatic rings. The number of rotatable bonds is 16. The van der Waals surface area contributed by atoms with Gasteiger partial charge < -0.3 is 26.2 Å². The van der Waals surface area contributed by atoms with Gasteiger partial charge in [-0.1, -0.05) is 97.8 Å². The van der Waals surface area contributed by atoms with E-state index < -0.39 is 0 Å². The lowest BCUT2D eigenvalue weighted by atomic mass is 9.75. The van der Waals surface area contributed by atoms with E-state index in [1.165, 1.54) is 80.7 Å². The van der Waals surface area contributed by atoms with Crippen molar-refractivity contribution in [2.45, 2.75) is 141 Å². The molecule has 2 aliphatic heterocycles. The summed E-state index contributed by atoms with van der Waals surface area (Å²) in [6.07, 6.45) is 14.5. The molecule has 0 unspecified atom stereocenters. The lowest BCUT2D eigenvalue weighted by molar-refractivity contribution is -0.00297. The number of hydrogen-bond donors (Lipinski definition) is 3. The van der Waals surface area contributed by atoms with Crippen LogP contribution in [0.15, 0.2) is 133 Å². The van der Waals surface area contributed by atoms with Gasteiger partial charge in [-0.15, -0.1) is 0 Å². The molecular weight excluding hydrogens is 709 g/mol. The summed E-state index contributed by atoms with van der Waals surface area (Å²) >= 11 is 0. The number of nitrogens with zero attached hydrogens (tertiary/aromatic N) is 3. The van der Waals surface area contributed by atoms with E-state index in [4.69, 9.17) is 5.73 Å². The van der Waals surface area contributed by atoms with Gasteiger partial charge in [0.25, 0.3) is 0 Å². The SMILES string of the molecule is C(=CCN(c1ccccc1)c1ccccc1)CN(c1ccccc1)c1ccccc1.CC1(C)CC(N(CCCCCCN)C2CC(C)(C)NC(C)(C)C2)CC(C)(C)N1. The Bertz CT molecular complexity index is 1530. The van der Waals surface area contributed by atoms with Gasteiger partial charge in [-0.05, 0) is 156 Å². The maximum absolute atomic E-state index is 5.70. The highest BCUT2D eigenvalue weighted by molar-refractivity contribution is 5.65. The van der Waals surface area contributed by atoms with E-state index in [-0.39, 0.29) is 22.2 Å². The minimum absolute atomic E-state index is 0.197. The molecule has 2 saturated heterocycles. The first-order chi connectivity index (χ1) is 27.7. The van der Waals surface area contributed by atoms with Crippen LogP contribution >= 0.6 is 0 Å². The number of para-hydroxylation sites is 4. The van der Waals surface area contributed by atoms with Gasteiger partial charge >= 0.3 is 0 Å². The molecule has 4 aromatic carbocycles. The fraction of sp³-hybridized carbons (Fsp3) is 0.500. The number of hydrogen-bond acceptors (Lipinski definition) is 6. The third-order valence-corrected chi connectivity index (χ3v) is 11.7. The van der Waals surface area contributed by atoms with Crippen molar-refractivity contribution < 1.29 is 0 Å². The summed E-state index contributed by atoms with van der Waals surface area (Å²) in [6, 6.07) is 43.5. The van der Waals surface area contributed by atoms with Gasteiger partial charge in [0.2, 0.25) is 0 Å².